The molecule has 1 aliphatic rings. The summed E-state index contributed by atoms with van der Waals surface area (Å²) in [6.07, 6.45) is 1.51. The average Bonchev–Trinajstić information content (AvgIpc) is 2.96. The van der Waals surface area contributed by atoms with Crippen LogP contribution in [0.5, 0.6) is 17.2 Å². The van der Waals surface area contributed by atoms with Gasteiger partial charge in [0.05, 0.1) is 26.3 Å². The van der Waals surface area contributed by atoms with Crippen molar-refractivity contribution in [3.8, 4) is 17.2 Å². The molecular formula is C21H19NO6. The summed E-state index contributed by atoms with van der Waals surface area (Å²) in [5.41, 5.74) is 1.76. The van der Waals surface area contributed by atoms with Gasteiger partial charge in [-0.15, -0.1) is 0 Å². The molecule has 0 aromatic heterocycles. The molecule has 0 atom stereocenters. The van der Waals surface area contributed by atoms with Gasteiger partial charge in [-0.3, -0.25) is 14.4 Å². The number of benzene rings is 2. The third-order valence-corrected chi connectivity index (χ3v) is 4.44. The summed E-state index contributed by atoms with van der Waals surface area (Å²) >= 11 is 0. The maximum atomic E-state index is 12.8. The molecule has 7 nitrogen and oxygen atoms in total. The topological polar surface area (TPSA) is 93.1 Å². The first kappa shape index (κ1) is 19.2. The van der Waals surface area contributed by atoms with Crippen LogP contribution in [0, 0.1) is 0 Å². The van der Waals surface area contributed by atoms with Crippen LogP contribution >= 0.6 is 0 Å². The van der Waals surface area contributed by atoms with Crippen molar-refractivity contribution < 1.29 is 29.0 Å². The Hall–Kier alpha value is -3.61. The molecule has 2 amide bonds. The van der Waals surface area contributed by atoms with E-state index in [0.717, 1.165) is 4.90 Å². The van der Waals surface area contributed by atoms with Crippen molar-refractivity contribution in [1.82, 2.24) is 0 Å². The Bertz CT molecular complexity index is 965. The van der Waals surface area contributed by atoms with Gasteiger partial charge in [0.25, 0.3) is 5.91 Å². The molecule has 144 valence electrons. The number of amides is 2. The molecule has 0 spiro atoms. The van der Waals surface area contributed by atoms with Gasteiger partial charge in [-0.25, -0.2) is 4.90 Å². The molecule has 0 saturated carbocycles. The molecule has 0 aliphatic carbocycles. The Labute approximate surface area is 161 Å². The van der Waals surface area contributed by atoms with E-state index in [9.17, 15) is 19.5 Å². The number of rotatable bonds is 5. The second-order valence-corrected chi connectivity index (χ2v) is 6.26. The number of anilines is 1. The number of ether oxygens (including phenoxy) is 2. The van der Waals surface area contributed by atoms with E-state index in [1.807, 2.05) is 0 Å². The highest BCUT2D eigenvalue weighted by Crippen LogP contribution is 2.38. The highest BCUT2D eigenvalue weighted by molar-refractivity contribution is 6.29. The van der Waals surface area contributed by atoms with Crippen LogP contribution in [0.15, 0.2) is 42.0 Å². The molecule has 3 rings (SSSR count). The summed E-state index contributed by atoms with van der Waals surface area (Å²) in [6.45, 7) is 1.45. The Morgan fingerprint density at radius 1 is 1.07 bits per heavy atom. The lowest BCUT2D eigenvalue weighted by molar-refractivity contribution is -0.120. The van der Waals surface area contributed by atoms with Crippen molar-refractivity contribution >= 4 is 29.4 Å². The van der Waals surface area contributed by atoms with Crippen molar-refractivity contribution in [3.05, 3.63) is 53.1 Å². The lowest BCUT2D eigenvalue weighted by Crippen LogP contribution is -2.28. The number of ketones is 1. The molecule has 0 radical (unpaired) electrons. The number of phenolic OH excluding ortho intramolecular Hbond substituents is 1. The number of aromatic hydroxyl groups is 1. The number of imide groups is 1. The van der Waals surface area contributed by atoms with Crippen LogP contribution in [0.3, 0.4) is 0 Å². The van der Waals surface area contributed by atoms with Crippen molar-refractivity contribution in [2.75, 3.05) is 19.1 Å². The van der Waals surface area contributed by atoms with Crippen LogP contribution in [-0.4, -0.2) is 36.9 Å². The molecule has 7 heteroatoms. The first-order valence-corrected chi connectivity index (χ1v) is 8.49. The van der Waals surface area contributed by atoms with Gasteiger partial charge < -0.3 is 14.6 Å². The van der Waals surface area contributed by atoms with Crippen LogP contribution in [0.4, 0.5) is 5.69 Å². The second kappa shape index (κ2) is 7.56. The Kier molecular flexibility index (Phi) is 5.17. The standard InChI is InChI=1S/C21H19NO6/c1-12(23)14-4-6-16(7-5-14)22-19(24)11-15(21(22)26)8-13-9-17(27-2)20(25)18(10-13)28-3/h4-10,25H,11H2,1-3H3. The normalized spacial score (nSPS) is 15.2. The Morgan fingerprint density at radius 3 is 2.14 bits per heavy atom. The zero-order valence-corrected chi connectivity index (χ0v) is 15.7. The summed E-state index contributed by atoms with van der Waals surface area (Å²) in [5.74, 6) is -0.648. The lowest BCUT2D eigenvalue weighted by Gasteiger charge is -2.13. The van der Waals surface area contributed by atoms with Crippen molar-refractivity contribution in [1.29, 1.82) is 0 Å². The zero-order chi connectivity index (χ0) is 20.4. The highest BCUT2D eigenvalue weighted by Gasteiger charge is 2.35. The summed E-state index contributed by atoms with van der Waals surface area (Å²) in [5, 5.41) is 10.00. The smallest absolute Gasteiger partial charge is 0.261 e. The first-order valence-electron chi connectivity index (χ1n) is 8.49. The molecule has 1 saturated heterocycles. The number of hydrogen-bond donors (Lipinski definition) is 1. The number of carbonyl (C=O) groups excluding carboxylic acids is 3. The minimum Gasteiger partial charge on any atom is -0.502 e. The van der Waals surface area contributed by atoms with Gasteiger partial charge in [-0.1, -0.05) is 0 Å². The highest BCUT2D eigenvalue weighted by atomic mass is 16.5. The Balaban J connectivity index is 1.94. The van der Waals surface area contributed by atoms with Gasteiger partial charge in [0, 0.05) is 11.1 Å². The monoisotopic (exact) mass is 381 g/mol. The zero-order valence-electron chi connectivity index (χ0n) is 15.7. The fourth-order valence-electron chi connectivity index (χ4n) is 2.99. The van der Waals surface area contributed by atoms with E-state index < -0.39 is 5.91 Å². The molecule has 28 heavy (non-hydrogen) atoms. The fourth-order valence-corrected chi connectivity index (χ4v) is 2.99. The summed E-state index contributed by atoms with van der Waals surface area (Å²) in [7, 11) is 2.81. The van der Waals surface area contributed by atoms with Crippen LogP contribution in [0.1, 0.15) is 29.3 Å². The van der Waals surface area contributed by atoms with Gasteiger partial charge in [-0.2, -0.15) is 0 Å². The molecule has 1 N–H and O–H groups in total. The average molecular weight is 381 g/mol. The number of nitrogens with zero attached hydrogens (tertiary/aromatic N) is 1. The second-order valence-electron chi connectivity index (χ2n) is 6.26. The minimum atomic E-state index is -0.438. The van der Waals surface area contributed by atoms with Crippen molar-refractivity contribution in [2.45, 2.75) is 13.3 Å². The lowest BCUT2D eigenvalue weighted by atomic mass is 10.1. The third-order valence-electron chi connectivity index (χ3n) is 4.44. The first-order chi connectivity index (χ1) is 13.3. The molecule has 0 unspecified atom stereocenters. The molecule has 1 fully saturated rings. The molecule has 1 aliphatic heterocycles. The summed E-state index contributed by atoms with van der Waals surface area (Å²) in [4.78, 5) is 37.7. The van der Waals surface area contributed by atoms with E-state index in [4.69, 9.17) is 9.47 Å². The number of Topliss-reactive ketones (excluding diaryl/α,β-unsaturated/α-hetero) is 1. The SMILES string of the molecule is COc1cc(C=C2CC(=O)N(c3ccc(C(C)=O)cc3)C2=O)cc(OC)c1O. The largest absolute Gasteiger partial charge is 0.502 e. The van der Waals surface area contributed by atoms with E-state index in [1.54, 1.807) is 42.5 Å². The number of methoxy groups -OCH3 is 2. The molecule has 1 heterocycles. The minimum absolute atomic E-state index is 0.0567. The fraction of sp³-hybridized carbons (Fsp3) is 0.190. The van der Waals surface area contributed by atoms with Crippen LogP contribution in [0.25, 0.3) is 6.08 Å². The van der Waals surface area contributed by atoms with Crippen LogP contribution < -0.4 is 14.4 Å². The van der Waals surface area contributed by atoms with Gasteiger partial charge in [0.2, 0.25) is 11.7 Å². The van der Waals surface area contributed by atoms with Gasteiger partial charge in [-0.05, 0) is 55.0 Å². The molecule has 0 bridgehead atoms. The molecule has 2 aromatic carbocycles. The van der Waals surface area contributed by atoms with E-state index in [2.05, 4.69) is 0 Å². The van der Waals surface area contributed by atoms with E-state index in [-0.39, 0.29) is 35.4 Å². The van der Waals surface area contributed by atoms with E-state index in [0.29, 0.717) is 22.4 Å². The number of phenols is 1. The van der Waals surface area contributed by atoms with E-state index in [1.165, 1.54) is 21.1 Å². The summed E-state index contributed by atoms with van der Waals surface area (Å²) in [6, 6.07) is 9.40. The molecule has 2 aromatic rings. The maximum Gasteiger partial charge on any atom is 0.261 e. The van der Waals surface area contributed by atoms with Crippen LogP contribution in [0.2, 0.25) is 0 Å². The molecular weight excluding hydrogens is 362 g/mol. The van der Waals surface area contributed by atoms with E-state index >= 15 is 0 Å². The number of carbonyl (C=O) groups is 3. The van der Waals surface area contributed by atoms with Gasteiger partial charge in [0.15, 0.2) is 17.3 Å². The predicted octanol–water partition coefficient (Wildman–Crippen LogP) is 2.96. The quantitative estimate of drug-likeness (QED) is 0.486. The van der Waals surface area contributed by atoms with Crippen molar-refractivity contribution in [3.63, 3.8) is 0 Å². The predicted molar refractivity (Wildman–Crippen MR) is 103 cm³/mol. The summed E-state index contributed by atoms with van der Waals surface area (Å²) < 4.78 is 10.2. The Morgan fingerprint density at radius 2 is 1.64 bits per heavy atom. The van der Waals surface area contributed by atoms with Crippen molar-refractivity contribution in [2.24, 2.45) is 0 Å². The van der Waals surface area contributed by atoms with Crippen LogP contribution in [-0.2, 0) is 9.59 Å². The van der Waals surface area contributed by atoms with Gasteiger partial charge in [0.1, 0.15) is 0 Å². The third kappa shape index (κ3) is 3.46. The maximum absolute atomic E-state index is 12.8. The van der Waals surface area contributed by atoms with Gasteiger partial charge >= 0.3 is 0 Å². The number of hydrogen-bond acceptors (Lipinski definition) is 6.